The molecule has 1 N–H and O–H groups in total. The van der Waals surface area contributed by atoms with Crippen molar-refractivity contribution >= 4 is 15.9 Å². The fraction of sp³-hybridized carbons (Fsp3) is 0.727. The maximum Gasteiger partial charge on any atom is 0.107 e. The molecular formula is C11H19BrN2O. The lowest BCUT2D eigenvalue weighted by atomic mass is 9.89. The van der Waals surface area contributed by atoms with E-state index >= 15 is 0 Å². The lowest BCUT2D eigenvalue weighted by Gasteiger charge is -2.30. The molecule has 1 heterocycles. The number of hydrogen-bond acceptors (Lipinski definition) is 2. The molecule has 86 valence electrons. The van der Waals surface area contributed by atoms with Crippen LogP contribution in [-0.4, -0.2) is 14.9 Å². The molecule has 0 bridgehead atoms. The fourth-order valence-corrected chi connectivity index (χ4v) is 2.15. The van der Waals surface area contributed by atoms with E-state index in [9.17, 15) is 5.11 Å². The minimum Gasteiger partial charge on any atom is -0.384 e. The van der Waals surface area contributed by atoms with Crippen LogP contribution < -0.4 is 0 Å². The SMILES string of the molecule is CC(C)n1ncc(Br)c1C(C)(O)C(C)C. The Hall–Kier alpha value is -0.350. The highest BCUT2D eigenvalue weighted by atomic mass is 79.9. The fourth-order valence-electron chi connectivity index (χ4n) is 1.48. The number of hydrogen-bond donors (Lipinski definition) is 1. The van der Waals surface area contributed by atoms with Gasteiger partial charge in [0, 0.05) is 6.04 Å². The first-order valence-electron chi connectivity index (χ1n) is 5.24. The molecule has 0 saturated carbocycles. The Morgan fingerprint density at radius 1 is 1.40 bits per heavy atom. The molecule has 0 fully saturated rings. The monoisotopic (exact) mass is 274 g/mol. The normalized spacial score (nSPS) is 16.1. The number of rotatable bonds is 3. The summed E-state index contributed by atoms with van der Waals surface area (Å²) < 4.78 is 2.74. The predicted molar refractivity (Wildman–Crippen MR) is 64.7 cm³/mol. The van der Waals surface area contributed by atoms with Crippen molar-refractivity contribution in [2.24, 2.45) is 5.92 Å². The zero-order valence-corrected chi connectivity index (χ0v) is 11.5. The van der Waals surface area contributed by atoms with Crippen molar-refractivity contribution in [3.05, 3.63) is 16.4 Å². The summed E-state index contributed by atoms with van der Waals surface area (Å²) in [5.74, 6) is 0.142. The Balaban J connectivity index is 3.29. The van der Waals surface area contributed by atoms with E-state index in [4.69, 9.17) is 0 Å². The van der Waals surface area contributed by atoms with Crippen LogP contribution in [0.4, 0.5) is 0 Å². The second-order valence-electron chi connectivity index (χ2n) is 4.68. The zero-order valence-electron chi connectivity index (χ0n) is 9.95. The van der Waals surface area contributed by atoms with Crippen molar-refractivity contribution in [3.8, 4) is 0 Å². The van der Waals surface area contributed by atoms with Crippen molar-refractivity contribution in [3.63, 3.8) is 0 Å². The summed E-state index contributed by atoms with van der Waals surface area (Å²) in [5.41, 5.74) is -0.00734. The van der Waals surface area contributed by atoms with Crippen molar-refractivity contribution in [2.45, 2.75) is 46.3 Å². The van der Waals surface area contributed by atoms with Crippen LogP contribution in [0, 0.1) is 5.92 Å². The van der Waals surface area contributed by atoms with E-state index in [2.05, 4.69) is 34.9 Å². The molecule has 1 aromatic rings. The van der Waals surface area contributed by atoms with E-state index < -0.39 is 5.60 Å². The van der Waals surface area contributed by atoms with Gasteiger partial charge in [-0.05, 0) is 42.6 Å². The third-order valence-corrected chi connectivity index (χ3v) is 3.42. The van der Waals surface area contributed by atoms with Crippen LogP contribution in [0.2, 0.25) is 0 Å². The van der Waals surface area contributed by atoms with Gasteiger partial charge in [0.1, 0.15) is 5.60 Å². The molecule has 1 rings (SSSR count). The minimum atomic E-state index is -0.862. The van der Waals surface area contributed by atoms with Crippen molar-refractivity contribution in [1.29, 1.82) is 0 Å². The third-order valence-electron chi connectivity index (χ3n) is 2.84. The van der Waals surface area contributed by atoms with Gasteiger partial charge >= 0.3 is 0 Å². The number of aliphatic hydroxyl groups is 1. The van der Waals surface area contributed by atoms with Crippen LogP contribution in [0.15, 0.2) is 10.7 Å². The summed E-state index contributed by atoms with van der Waals surface area (Å²) in [6.45, 7) is 9.95. The first-order chi connectivity index (χ1) is 6.78. The van der Waals surface area contributed by atoms with Crippen LogP contribution in [0.5, 0.6) is 0 Å². The molecule has 0 aliphatic rings. The van der Waals surface area contributed by atoms with E-state index in [1.165, 1.54) is 0 Å². The van der Waals surface area contributed by atoms with Gasteiger partial charge in [0.05, 0.1) is 16.4 Å². The number of nitrogens with zero attached hydrogens (tertiary/aromatic N) is 2. The Morgan fingerprint density at radius 2 is 1.93 bits per heavy atom. The number of aromatic nitrogens is 2. The first kappa shape index (κ1) is 12.7. The van der Waals surface area contributed by atoms with Crippen LogP contribution >= 0.6 is 15.9 Å². The Bertz CT molecular complexity index is 342. The lowest BCUT2D eigenvalue weighted by Crippen LogP contribution is -2.32. The van der Waals surface area contributed by atoms with Gasteiger partial charge in [0.25, 0.3) is 0 Å². The Morgan fingerprint density at radius 3 is 2.33 bits per heavy atom. The zero-order chi connectivity index (χ0) is 11.8. The van der Waals surface area contributed by atoms with Gasteiger partial charge in [-0.2, -0.15) is 5.10 Å². The van der Waals surface area contributed by atoms with Crippen LogP contribution in [0.3, 0.4) is 0 Å². The maximum atomic E-state index is 10.5. The maximum absolute atomic E-state index is 10.5. The molecule has 15 heavy (non-hydrogen) atoms. The molecule has 0 saturated heterocycles. The van der Waals surface area contributed by atoms with Crippen molar-refractivity contribution in [2.75, 3.05) is 0 Å². The van der Waals surface area contributed by atoms with E-state index in [0.29, 0.717) is 0 Å². The molecule has 4 heteroatoms. The van der Waals surface area contributed by atoms with E-state index in [1.54, 1.807) is 6.20 Å². The summed E-state index contributed by atoms with van der Waals surface area (Å²) in [4.78, 5) is 0. The van der Waals surface area contributed by atoms with E-state index in [0.717, 1.165) is 10.2 Å². The Kier molecular flexibility index (Phi) is 3.61. The van der Waals surface area contributed by atoms with Gasteiger partial charge in [-0.15, -0.1) is 0 Å². The molecule has 0 radical (unpaired) electrons. The summed E-state index contributed by atoms with van der Waals surface area (Å²) in [6, 6.07) is 0.247. The molecule has 0 amide bonds. The molecular weight excluding hydrogens is 256 g/mol. The van der Waals surface area contributed by atoms with E-state index in [-0.39, 0.29) is 12.0 Å². The topological polar surface area (TPSA) is 38.0 Å². The van der Waals surface area contributed by atoms with Gasteiger partial charge in [0.15, 0.2) is 0 Å². The molecule has 1 aromatic heterocycles. The lowest BCUT2D eigenvalue weighted by molar-refractivity contribution is -0.00116. The van der Waals surface area contributed by atoms with Gasteiger partial charge < -0.3 is 5.11 Å². The Labute approximate surface area is 99.6 Å². The van der Waals surface area contributed by atoms with Gasteiger partial charge in [-0.1, -0.05) is 13.8 Å². The average molecular weight is 275 g/mol. The highest BCUT2D eigenvalue weighted by Gasteiger charge is 2.33. The highest BCUT2D eigenvalue weighted by Crippen LogP contribution is 2.35. The van der Waals surface area contributed by atoms with Crippen LogP contribution in [0.25, 0.3) is 0 Å². The summed E-state index contributed by atoms with van der Waals surface area (Å²) in [7, 11) is 0. The van der Waals surface area contributed by atoms with Crippen molar-refractivity contribution in [1.82, 2.24) is 9.78 Å². The third kappa shape index (κ3) is 2.26. The molecule has 0 spiro atoms. The molecule has 0 aliphatic heterocycles. The molecule has 1 atom stereocenters. The summed E-state index contributed by atoms with van der Waals surface area (Å²) in [5, 5.41) is 14.7. The second kappa shape index (κ2) is 4.26. The molecule has 1 unspecified atom stereocenters. The smallest absolute Gasteiger partial charge is 0.107 e. The molecule has 0 aliphatic carbocycles. The minimum absolute atomic E-state index is 0.142. The molecule has 3 nitrogen and oxygen atoms in total. The molecule has 0 aromatic carbocycles. The van der Waals surface area contributed by atoms with Gasteiger partial charge in [-0.25, -0.2) is 0 Å². The van der Waals surface area contributed by atoms with Gasteiger partial charge in [-0.3, -0.25) is 4.68 Å². The van der Waals surface area contributed by atoms with E-state index in [1.807, 2.05) is 25.5 Å². The summed E-state index contributed by atoms with van der Waals surface area (Å²) >= 11 is 3.45. The average Bonchev–Trinajstić information content (AvgIpc) is 2.47. The standard InChI is InChI=1S/C11H19BrN2O/c1-7(2)11(5,15)10-9(12)6-13-14(10)8(3)4/h6-8,15H,1-5H3. The first-order valence-corrected chi connectivity index (χ1v) is 6.03. The largest absolute Gasteiger partial charge is 0.384 e. The highest BCUT2D eigenvalue weighted by molar-refractivity contribution is 9.10. The van der Waals surface area contributed by atoms with Crippen LogP contribution in [-0.2, 0) is 5.60 Å². The predicted octanol–water partition coefficient (Wildman–Crippen LogP) is 3.09. The van der Waals surface area contributed by atoms with Crippen LogP contribution in [0.1, 0.15) is 46.4 Å². The second-order valence-corrected chi connectivity index (χ2v) is 5.54. The van der Waals surface area contributed by atoms with Crippen molar-refractivity contribution < 1.29 is 5.11 Å². The summed E-state index contributed by atoms with van der Waals surface area (Å²) in [6.07, 6.45) is 1.74. The number of halogens is 1. The van der Waals surface area contributed by atoms with Gasteiger partial charge in [0.2, 0.25) is 0 Å². The quantitative estimate of drug-likeness (QED) is 0.920.